The molecule has 1 aromatic rings. The Labute approximate surface area is 96.6 Å². The van der Waals surface area contributed by atoms with Gasteiger partial charge in [-0.3, -0.25) is 0 Å². The van der Waals surface area contributed by atoms with Gasteiger partial charge in [-0.05, 0) is 35.4 Å². The molecule has 0 N–H and O–H groups in total. The van der Waals surface area contributed by atoms with Gasteiger partial charge in [-0.25, -0.2) is 4.79 Å². The van der Waals surface area contributed by atoms with Crippen LogP contribution in [0.3, 0.4) is 0 Å². The number of fused-ring (bicyclic) bond motifs is 1. The van der Waals surface area contributed by atoms with Crippen molar-refractivity contribution in [3.63, 3.8) is 0 Å². The summed E-state index contributed by atoms with van der Waals surface area (Å²) in [7, 11) is 0. The molecule has 86 valence electrons. The van der Waals surface area contributed by atoms with Gasteiger partial charge in [0.1, 0.15) is 0 Å². The molecule has 0 radical (unpaired) electrons. The van der Waals surface area contributed by atoms with Gasteiger partial charge in [0, 0.05) is 0 Å². The van der Waals surface area contributed by atoms with Crippen molar-refractivity contribution in [2.45, 2.75) is 39.0 Å². The maximum absolute atomic E-state index is 11.8. The van der Waals surface area contributed by atoms with E-state index in [0.717, 1.165) is 24.0 Å². The lowest BCUT2D eigenvalue weighted by molar-refractivity contribution is 0.0503. The number of cyclic esters (lactones) is 1. The fraction of sp³-hybridized carbons (Fsp3) is 0.500. The highest BCUT2D eigenvalue weighted by Gasteiger charge is 2.30. The average molecular weight is 218 g/mol. The predicted molar refractivity (Wildman–Crippen MR) is 63.7 cm³/mol. The molecular weight excluding hydrogens is 200 g/mol. The summed E-state index contributed by atoms with van der Waals surface area (Å²) in [5.41, 5.74) is 3.17. The molecule has 0 atom stereocenters. The van der Waals surface area contributed by atoms with E-state index in [1.807, 2.05) is 12.1 Å². The van der Waals surface area contributed by atoms with Gasteiger partial charge < -0.3 is 4.74 Å². The van der Waals surface area contributed by atoms with Crippen molar-refractivity contribution in [2.24, 2.45) is 0 Å². The lowest BCUT2D eigenvalue weighted by Gasteiger charge is -2.24. The zero-order chi connectivity index (χ0) is 11.8. The van der Waals surface area contributed by atoms with Gasteiger partial charge in [0.15, 0.2) is 0 Å². The Bertz CT molecular complexity index is 419. The van der Waals surface area contributed by atoms with E-state index < -0.39 is 0 Å². The summed E-state index contributed by atoms with van der Waals surface area (Å²) < 4.78 is 5.20. The number of ether oxygens (including phenoxy) is 1. The second-order valence-corrected chi connectivity index (χ2v) is 5.00. The van der Waals surface area contributed by atoms with Crippen molar-refractivity contribution < 1.29 is 9.53 Å². The van der Waals surface area contributed by atoms with Crippen LogP contribution in [-0.2, 0) is 16.6 Å². The zero-order valence-electron chi connectivity index (χ0n) is 10.2. The number of carbonyl (C=O) groups excluding carboxylic acids is 1. The Hall–Kier alpha value is -1.31. The minimum absolute atomic E-state index is 0.0205. The maximum atomic E-state index is 11.8. The van der Waals surface area contributed by atoms with Crippen LogP contribution in [-0.4, -0.2) is 12.6 Å². The van der Waals surface area contributed by atoms with Gasteiger partial charge in [0.2, 0.25) is 0 Å². The molecule has 0 aromatic heterocycles. The minimum Gasteiger partial charge on any atom is -0.462 e. The van der Waals surface area contributed by atoms with Gasteiger partial charge in [0.25, 0.3) is 0 Å². The summed E-state index contributed by atoms with van der Waals surface area (Å²) in [4.78, 5) is 11.8. The van der Waals surface area contributed by atoms with Gasteiger partial charge in [-0.1, -0.05) is 32.9 Å². The second kappa shape index (κ2) is 3.93. The van der Waals surface area contributed by atoms with Crippen molar-refractivity contribution in [2.75, 3.05) is 6.61 Å². The third-order valence-corrected chi connectivity index (χ3v) is 3.40. The first-order valence-corrected chi connectivity index (χ1v) is 5.85. The van der Waals surface area contributed by atoms with Crippen LogP contribution in [0.5, 0.6) is 0 Å². The molecule has 0 saturated carbocycles. The molecule has 16 heavy (non-hydrogen) atoms. The van der Waals surface area contributed by atoms with E-state index in [9.17, 15) is 4.79 Å². The third kappa shape index (κ3) is 1.84. The Morgan fingerprint density at radius 3 is 2.81 bits per heavy atom. The number of esters is 1. The third-order valence-electron chi connectivity index (χ3n) is 3.40. The lowest BCUT2D eigenvalue weighted by atomic mass is 9.79. The first-order valence-electron chi connectivity index (χ1n) is 5.85. The van der Waals surface area contributed by atoms with E-state index in [1.165, 1.54) is 5.56 Å². The number of hydrogen-bond donors (Lipinski definition) is 0. The van der Waals surface area contributed by atoms with Crippen LogP contribution < -0.4 is 0 Å². The molecule has 1 aliphatic rings. The fourth-order valence-corrected chi connectivity index (χ4v) is 2.16. The molecule has 0 unspecified atom stereocenters. The molecule has 1 heterocycles. The van der Waals surface area contributed by atoms with E-state index in [-0.39, 0.29) is 11.4 Å². The molecule has 0 spiro atoms. The van der Waals surface area contributed by atoms with Crippen LogP contribution in [0.25, 0.3) is 0 Å². The fourth-order valence-electron chi connectivity index (χ4n) is 2.16. The highest BCUT2D eigenvalue weighted by atomic mass is 16.5. The van der Waals surface area contributed by atoms with Crippen LogP contribution >= 0.6 is 0 Å². The highest BCUT2D eigenvalue weighted by molar-refractivity contribution is 5.92. The summed E-state index contributed by atoms with van der Waals surface area (Å²) >= 11 is 0. The van der Waals surface area contributed by atoms with Crippen molar-refractivity contribution in [3.05, 3.63) is 34.9 Å². The minimum atomic E-state index is -0.178. The second-order valence-electron chi connectivity index (χ2n) is 5.00. The van der Waals surface area contributed by atoms with Crippen LogP contribution in [0.1, 0.15) is 48.7 Å². The molecule has 1 aliphatic heterocycles. The van der Waals surface area contributed by atoms with Crippen molar-refractivity contribution >= 4 is 5.97 Å². The van der Waals surface area contributed by atoms with Gasteiger partial charge in [-0.2, -0.15) is 0 Å². The van der Waals surface area contributed by atoms with E-state index >= 15 is 0 Å². The van der Waals surface area contributed by atoms with Crippen molar-refractivity contribution in [1.29, 1.82) is 0 Å². The van der Waals surface area contributed by atoms with E-state index in [2.05, 4.69) is 26.8 Å². The van der Waals surface area contributed by atoms with Crippen molar-refractivity contribution in [3.8, 4) is 0 Å². The lowest BCUT2D eigenvalue weighted by Crippen LogP contribution is -2.19. The molecule has 2 heteroatoms. The Kier molecular flexibility index (Phi) is 2.75. The molecule has 0 fully saturated rings. The largest absolute Gasteiger partial charge is 0.462 e. The molecule has 0 amide bonds. The summed E-state index contributed by atoms with van der Waals surface area (Å²) in [6.45, 7) is 6.99. The average Bonchev–Trinajstić information content (AvgIpc) is 2.37. The normalized spacial score (nSPS) is 18.6. The molecule has 2 nitrogen and oxygen atoms in total. The number of benzene rings is 1. The van der Waals surface area contributed by atoms with Crippen LogP contribution in [0.15, 0.2) is 18.2 Å². The number of carbonyl (C=O) groups is 1. The predicted octanol–water partition coefficient (Wildman–Crippen LogP) is 3.09. The molecule has 1 aromatic carbocycles. The van der Waals surface area contributed by atoms with Gasteiger partial charge >= 0.3 is 5.97 Å². The summed E-state index contributed by atoms with van der Waals surface area (Å²) in [5, 5.41) is 0. The quantitative estimate of drug-likeness (QED) is 0.677. The topological polar surface area (TPSA) is 26.3 Å². The van der Waals surface area contributed by atoms with Crippen molar-refractivity contribution in [1.82, 2.24) is 0 Å². The molecule has 0 bridgehead atoms. The molecule has 0 saturated heterocycles. The highest BCUT2D eigenvalue weighted by Crippen LogP contribution is 2.33. The number of hydrogen-bond acceptors (Lipinski definition) is 2. The SMILES string of the molecule is CCc1ccc2c(c1)C(C)(C)CCOC2=O. The Morgan fingerprint density at radius 2 is 2.12 bits per heavy atom. The van der Waals surface area contributed by atoms with Crippen LogP contribution in [0.4, 0.5) is 0 Å². The summed E-state index contributed by atoms with van der Waals surface area (Å²) in [5.74, 6) is -0.178. The Balaban J connectivity index is 2.58. The smallest absolute Gasteiger partial charge is 0.338 e. The standard InChI is InChI=1S/C14H18O2/c1-4-10-5-6-11-12(9-10)14(2,3)7-8-16-13(11)15/h5-6,9H,4,7-8H2,1-3H3. The summed E-state index contributed by atoms with van der Waals surface area (Å²) in [6.07, 6.45) is 1.89. The van der Waals surface area contributed by atoms with Gasteiger partial charge in [0.05, 0.1) is 12.2 Å². The number of aryl methyl sites for hydroxylation is 1. The molecule has 2 rings (SSSR count). The maximum Gasteiger partial charge on any atom is 0.338 e. The van der Waals surface area contributed by atoms with E-state index in [1.54, 1.807) is 0 Å². The molecular formula is C14H18O2. The monoisotopic (exact) mass is 218 g/mol. The molecule has 0 aliphatic carbocycles. The van der Waals surface area contributed by atoms with Crippen LogP contribution in [0, 0.1) is 0 Å². The van der Waals surface area contributed by atoms with E-state index in [4.69, 9.17) is 4.74 Å². The Morgan fingerprint density at radius 1 is 1.38 bits per heavy atom. The van der Waals surface area contributed by atoms with Crippen LogP contribution in [0.2, 0.25) is 0 Å². The van der Waals surface area contributed by atoms with E-state index in [0.29, 0.717) is 6.61 Å². The van der Waals surface area contributed by atoms with Gasteiger partial charge in [-0.15, -0.1) is 0 Å². The number of rotatable bonds is 1. The zero-order valence-corrected chi connectivity index (χ0v) is 10.2. The summed E-state index contributed by atoms with van der Waals surface area (Å²) in [6, 6.07) is 6.08. The first-order chi connectivity index (χ1) is 7.54. The first kappa shape index (κ1) is 11.2.